The number of nitrogens with one attached hydrogen (secondary N) is 2. The lowest BCUT2D eigenvalue weighted by atomic mass is 10.0. The van der Waals surface area contributed by atoms with Crippen LogP contribution in [0, 0.1) is 6.92 Å². The zero-order chi connectivity index (χ0) is 25.2. The summed E-state index contributed by atoms with van der Waals surface area (Å²) in [4.78, 5) is 38.6. The standard InChI is InChI=1S/C25H18F3N3O4/c1-15-14-31(24(34)30-22(15)32)20-10-8-19(9-11-20)29-23(33)18-6-2-4-16(12-18)17-5-3-7-21(13-17)35-25(26,27)28/h2-14H,1H3,(H,29,33)(H,30,32,34). The highest BCUT2D eigenvalue weighted by Gasteiger charge is 2.31. The number of aromatic amines is 1. The molecule has 7 nitrogen and oxygen atoms in total. The Hall–Kier alpha value is -4.60. The molecule has 2 N–H and O–H groups in total. The van der Waals surface area contributed by atoms with E-state index in [0.717, 1.165) is 0 Å². The van der Waals surface area contributed by atoms with E-state index in [0.29, 0.717) is 33.6 Å². The van der Waals surface area contributed by atoms with Crippen LogP contribution in [-0.4, -0.2) is 21.8 Å². The highest BCUT2D eigenvalue weighted by atomic mass is 19.4. The molecule has 3 aromatic carbocycles. The molecule has 0 bridgehead atoms. The topological polar surface area (TPSA) is 93.2 Å². The fourth-order valence-electron chi connectivity index (χ4n) is 3.38. The van der Waals surface area contributed by atoms with Crippen molar-refractivity contribution in [1.82, 2.24) is 9.55 Å². The van der Waals surface area contributed by atoms with Gasteiger partial charge in [-0.05, 0) is 66.6 Å². The first-order valence-electron chi connectivity index (χ1n) is 10.3. The lowest BCUT2D eigenvalue weighted by molar-refractivity contribution is -0.274. The fraction of sp³-hybridized carbons (Fsp3) is 0.0800. The first kappa shape index (κ1) is 23.6. The first-order valence-corrected chi connectivity index (χ1v) is 10.3. The van der Waals surface area contributed by atoms with Crippen molar-refractivity contribution >= 4 is 11.6 Å². The number of carbonyl (C=O) groups is 1. The summed E-state index contributed by atoms with van der Waals surface area (Å²) in [6.07, 6.45) is -3.38. The van der Waals surface area contributed by atoms with Gasteiger partial charge in [-0.1, -0.05) is 24.3 Å². The largest absolute Gasteiger partial charge is 0.573 e. The van der Waals surface area contributed by atoms with E-state index in [1.54, 1.807) is 61.5 Å². The minimum atomic E-state index is -4.81. The van der Waals surface area contributed by atoms with Gasteiger partial charge in [-0.25, -0.2) is 4.79 Å². The molecule has 1 aromatic heterocycles. The Labute approximate surface area is 196 Å². The number of anilines is 1. The van der Waals surface area contributed by atoms with Gasteiger partial charge in [0, 0.05) is 23.0 Å². The van der Waals surface area contributed by atoms with Crippen LogP contribution < -0.4 is 21.3 Å². The molecule has 0 aliphatic rings. The molecule has 0 unspecified atom stereocenters. The molecule has 0 saturated carbocycles. The van der Waals surface area contributed by atoms with Crippen LogP contribution in [-0.2, 0) is 0 Å². The third kappa shape index (κ3) is 5.67. The van der Waals surface area contributed by atoms with E-state index in [1.165, 1.54) is 29.0 Å². The number of aromatic nitrogens is 2. The molecule has 178 valence electrons. The smallest absolute Gasteiger partial charge is 0.406 e. The van der Waals surface area contributed by atoms with Gasteiger partial charge in [-0.3, -0.25) is 19.1 Å². The van der Waals surface area contributed by atoms with Crippen molar-refractivity contribution in [3.63, 3.8) is 0 Å². The van der Waals surface area contributed by atoms with Crippen LogP contribution in [0.25, 0.3) is 16.8 Å². The number of aryl methyl sites for hydroxylation is 1. The molecule has 0 aliphatic heterocycles. The number of carbonyl (C=O) groups excluding carboxylic acids is 1. The maximum atomic E-state index is 12.8. The van der Waals surface area contributed by atoms with E-state index in [-0.39, 0.29) is 5.75 Å². The van der Waals surface area contributed by atoms with E-state index in [9.17, 15) is 27.6 Å². The van der Waals surface area contributed by atoms with Gasteiger partial charge in [-0.15, -0.1) is 13.2 Å². The Bertz CT molecular complexity index is 1510. The Morgan fingerprint density at radius 2 is 1.60 bits per heavy atom. The quantitative estimate of drug-likeness (QED) is 0.434. The molecule has 0 saturated heterocycles. The Morgan fingerprint density at radius 3 is 2.29 bits per heavy atom. The van der Waals surface area contributed by atoms with Gasteiger partial charge in [-0.2, -0.15) is 0 Å². The van der Waals surface area contributed by atoms with Crippen molar-refractivity contribution in [2.24, 2.45) is 0 Å². The number of halogens is 3. The lowest BCUT2D eigenvalue weighted by Crippen LogP contribution is -2.29. The predicted octanol–water partition coefficient (Wildman–Crippen LogP) is 4.65. The van der Waals surface area contributed by atoms with E-state index in [2.05, 4.69) is 15.0 Å². The van der Waals surface area contributed by atoms with Crippen molar-refractivity contribution in [2.75, 3.05) is 5.32 Å². The molecule has 0 aliphatic carbocycles. The molecule has 0 radical (unpaired) electrons. The number of rotatable bonds is 5. The maximum absolute atomic E-state index is 12.8. The molecule has 4 aromatic rings. The molecule has 4 rings (SSSR count). The van der Waals surface area contributed by atoms with Crippen molar-refractivity contribution in [2.45, 2.75) is 13.3 Å². The summed E-state index contributed by atoms with van der Waals surface area (Å²) in [6.45, 7) is 1.58. The van der Waals surface area contributed by atoms with Gasteiger partial charge in [0.1, 0.15) is 5.75 Å². The number of H-pyrrole nitrogens is 1. The molecular formula is C25H18F3N3O4. The third-order valence-corrected chi connectivity index (χ3v) is 5.05. The minimum absolute atomic E-state index is 0.293. The predicted molar refractivity (Wildman–Crippen MR) is 124 cm³/mol. The summed E-state index contributed by atoms with van der Waals surface area (Å²) < 4.78 is 42.8. The van der Waals surface area contributed by atoms with Crippen molar-refractivity contribution < 1.29 is 22.7 Å². The summed E-state index contributed by atoms with van der Waals surface area (Å²) >= 11 is 0. The van der Waals surface area contributed by atoms with Crippen LogP contribution in [0.15, 0.2) is 88.6 Å². The molecule has 1 amide bonds. The molecular weight excluding hydrogens is 463 g/mol. The van der Waals surface area contributed by atoms with Crippen LogP contribution in [0.5, 0.6) is 5.75 Å². The van der Waals surface area contributed by atoms with Gasteiger partial charge in [0.05, 0.1) is 5.69 Å². The van der Waals surface area contributed by atoms with Crippen molar-refractivity contribution in [3.8, 4) is 22.6 Å². The molecule has 0 spiro atoms. The lowest BCUT2D eigenvalue weighted by Gasteiger charge is -2.11. The van der Waals surface area contributed by atoms with Crippen molar-refractivity contribution in [1.29, 1.82) is 0 Å². The van der Waals surface area contributed by atoms with E-state index < -0.39 is 23.5 Å². The second-order valence-electron chi connectivity index (χ2n) is 7.60. The first-order chi connectivity index (χ1) is 16.6. The highest BCUT2D eigenvalue weighted by molar-refractivity contribution is 6.05. The number of alkyl halides is 3. The Kier molecular flexibility index (Phi) is 6.28. The SMILES string of the molecule is Cc1cn(-c2ccc(NC(=O)c3cccc(-c4cccc(OC(F)(F)F)c4)c3)cc2)c(=O)[nH]c1=O. The Balaban J connectivity index is 1.52. The number of amides is 1. The number of hydrogen-bond donors (Lipinski definition) is 2. The summed E-state index contributed by atoms with van der Waals surface area (Å²) in [5, 5.41) is 2.74. The van der Waals surface area contributed by atoms with Gasteiger partial charge in [0.25, 0.3) is 11.5 Å². The van der Waals surface area contributed by atoms with Crippen LogP contribution >= 0.6 is 0 Å². The number of hydrogen-bond acceptors (Lipinski definition) is 4. The van der Waals surface area contributed by atoms with Gasteiger partial charge in [0.15, 0.2) is 0 Å². The highest BCUT2D eigenvalue weighted by Crippen LogP contribution is 2.28. The van der Waals surface area contributed by atoms with E-state index in [4.69, 9.17) is 0 Å². The molecule has 35 heavy (non-hydrogen) atoms. The average Bonchev–Trinajstić information content (AvgIpc) is 2.81. The fourth-order valence-corrected chi connectivity index (χ4v) is 3.38. The zero-order valence-corrected chi connectivity index (χ0v) is 18.2. The normalized spacial score (nSPS) is 11.2. The second kappa shape index (κ2) is 9.34. The maximum Gasteiger partial charge on any atom is 0.573 e. The van der Waals surface area contributed by atoms with Gasteiger partial charge >= 0.3 is 12.1 Å². The summed E-state index contributed by atoms with van der Waals surface area (Å²) in [5.74, 6) is -0.791. The Morgan fingerprint density at radius 1 is 0.943 bits per heavy atom. The minimum Gasteiger partial charge on any atom is -0.406 e. The number of ether oxygens (including phenoxy) is 1. The van der Waals surface area contributed by atoms with Crippen LogP contribution in [0.2, 0.25) is 0 Å². The summed E-state index contributed by atoms with van der Waals surface area (Å²) in [6, 6.07) is 18.3. The van der Waals surface area contributed by atoms with E-state index in [1.807, 2.05) is 0 Å². The summed E-state index contributed by atoms with van der Waals surface area (Å²) in [5.41, 5.74) is 1.56. The van der Waals surface area contributed by atoms with Gasteiger partial charge < -0.3 is 10.1 Å². The van der Waals surface area contributed by atoms with Crippen LogP contribution in [0.1, 0.15) is 15.9 Å². The molecule has 0 fully saturated rings. The number of nitrogens with zero attached hydrogens (tertiary/aromatic N) is 1. The molecule has 10 heteroatoms. The molecule has 0 atom stereocenters. The van der Waals surface area contributed by atoms with Crippen LogP contribution in [0.3, 0.4) is 0 Å². The van der Waals surface area contributed by atoms with Crippen molar-refractivity contribution in [3.05, 3.63) is 111 Å². The van der Waals surface area contributed by atoms with Crippen LogP contribution in [0.4, 0.5) is 18.9 Å². The zero-order valence-electron chi connectivity index (χ0n) is 18.2. The number of benzene rings is 3. The van der Waals surface area contributed by atoms with Gasteiger partial charge in [0.2, 0.25) is 0 Å². The van der Waals surface area contributed by atoms with E-state index >= 15 is 0 Å². The average molecular weight is 481 g/mol. The second-order valence-corrected chi connectivity index (χ2v) is 7.60. The monoisotopic (exact) mass is 481 g/mol. The third-order valence-electron chi connectivity index (χ3n) is 5.05. The molecule has 1 heterocycles. The summed E-state index contributed by atoms with van der Waals surface area (Å²) in [7, 11) is 0.